The molecule has 1 saturated heterocycles. The number of methoxy groups -OCH3 is 1. The van der Waals surface area contributed by atoms with Gasteiger partial charge in [0.1, 0.15) is 0 Å². The Hall–Kier alpha value is -2.70. The van der Waals surface area contributed by atoms with Gasteiger partial charge in [-0.1, -0.05) is 65.7 Å². The maximum Gasteiger partial charge on any atom is 0.253 e. The van der Waals surface area contributed by atoms with Crippen molar-refractivity contribution < 1.29 is 14.6 Å². The van der Waals surface area contributed by atoms with Crippen molar-refractivity contribution in [3.63, 3.8) is 0 Å². The second-order valence-corrected chi connectivity index (χ2v) is 11.5. The third kappa shape index (κ3) is 7.32. The number of carbonyl (C=O) groups excluding carboxylic acids is 1. The third-order valence-electron chi connectivity index (χ3n) is 8.17. The van der Waals surface area contributed by atoms with Crippen LogP contribution in [-0.4, -0.2) is 49.8 Å². The molecule has 3 aromatic rings. The van der Waals surface area contributed by atoms with Crippen molar-refractivity contribution in [1.29, 1.82) is 0 Å². The molecule has 1 aliphatic heterocycles. The minimum absolute atomic E-state index is 0.0218. The van der Waals surface area contributed by atoms with E-state index < -0.39 is 5.60 Å². The van der Waals surface area contributed by atoms with Crippen LogP contribution in [-0.2, 0) is 23.3 Å². The van der Waals surface area contributed by atoms with Crippen molar-refractivity contribution in [2.24, 2.45) is 5.92 Å². The van der Waals surface area contributed by atoms with Gasteiger partial charge in [-0.2, -0.15) is 0 Å². The zero-order valence-corrected chi connectivity index (χ0v) is 24.8. The van der Waals surface area contributed by atoms with Crippen molar-refractivity contribution in [1.82, 2.24) is 10.2 Å². The molecular weight excluding hydrogens is 520 g/mol. The Morgan fingerprint density at radius 3 is 2.60 bits per heavy atom. The number of aryl methyl sites for hydroxylation is 1. The van der Waals surface area contributed by atoms with Crippen LogP contribution in [0.15, 0.2) is 66.7 Å². The summed E-state index contributed by atoms with van der Waals surface area (Å²) in [5, 5.41) is 16.5. The molecule has 0 bridgehead atoms. The van der Waals surface area contributed by atoms with Crippen LogP contribution in [0.3, 0.4) is 0 Å². The molecule has 1 fully saturated rings. The summed E-state index contributed by atoms with van der Waals surface area (Å²) in [6.07, 6.45) is 4.61. The summed E-state index contributed by atoms with van der Waals surface area (Å²) in [5.74, 6) is -0.0837. The Morgan fingerprint density at radius 1 is 1.10 bits per heavy atom. The number of rotatable bonds is 12. The Balaban J connectivity index is 1.64. The zero-order valence-electron chi connectivity index (χ0n) is 24.1. The first kappa shape index (κ1) is 30.3. The van der Waals surface area contributed by atoms with Crippen molar-refractivity contribution in [2.75, 3.05) is 33.9 Å². The maximum absolute atomic E-state index is 13.6. The Bertz CT molecular complexity index is 1260. The van der Waals surface area contributed by atoms with E-state index in [-0.39, 0.29) is 11.8 Å². The standard InChI is InChI=1S/C34H43ClN2O3/c1-25-9-6-10-27(21-25)22-30-31(12-7-13-32(30)35)34(39,18-4-5-20-40-3)29-11-8-19-37(24-29)33(38)28-16-14-26(15-17-28)23-36-2/h6-7,9-10,12-17,21,29,36,39H,4-5,8,11,18-20,22-24H2,1-3H3/t29-,34?/m1/s1. The van der Waals surface area contributed by atoms with Crippen LogP contribution in [0.2, 0.25) is 5.02 Å². The third-order valence-corrected chi connectivity index (χ3v) is 8.52. The molecule has 214 valence electrons. The second kappa shape index (κ2) is 14.3. The Kier molecular flexibility index (Phi) is 10.8. The first-order valence-electron chi connectivity index (χ1n) is 14.4. The fourth-order valence-electron chi connectivity index (χ4n) is 6.07. The Labute approximate surface area is 244 Å². The first-order chi connectivity index (χ1) is 19.4. The second-order valence-electron chi connectivity index (χ2n) is 11.1. The predicted molar refractivity (Wildman–Crippen MR) is 163 cm³/mol. The lowest BCUT2D eigenvalue weighted by atomic mass is 9.72. The van der Waals surface area contributed by atoms with Gasteiger partial charge in [-0.3, -0.25) is 4.79 Å². The number of piperidine rings is 1. The highest BCUT2D eigenvalue weighted by atomic mass is 35.5. The van der Waals surface area contributed by atoms with E-state index in [9.17, 15) is 9.90 Å². The molecule has 1 heterocycles. The summed E-state index contributed by atoms with van der Waals surface area (Å²) in [6.45, 7) is 4.71. The fourth-order valence-corrected chi connectivity index (χ4v) is 6.31. The fraction of sp³-hybridized carbons (Fsp3) is 0.441. The van der Waals surface area contributed by atoms with Gasteiger partial charge in [-0.05, 0) is 92.9 Å². The highest BCUT2D eigenvalue weighted by molar-refractivity contribution is 6.31. The summed E-state index contributed by atoms with van der Waals surface area (Å²) in [6, 6.07) is 22.1. The van der Waals surface area contributed by atoms with Crippen LogP contribution in [0.25, 0.3) is 0 Å². The van der Waals surface area contributed by atoms with Gasteiger partial charge in [0, 0.05) is 49.9 Å². The van der Waals surface area contributed by atoms with Crippen molar-refractivity contribution in [2.45, 2.75) is 57.6 Å². The van der Waals surface area contributed by atoms with E-state index in [1.54, 1.807) is 7.11 Å². The molecule has 3 aromatic carbocycles. The molecule has 1 amide bonds. The van der Waals surface area contributed by atoms with Crippen LogP contribution in [0.5, 0.6) is 0 Å². The number of amides is 1. The van der Waals surface area contributed by atoms with Crippen molar-refractivity contribution >= 4 is 17.5 Å². The SMILES string of the molecule is CNCc1ccc(C(=O)N2CCC[C@@H](C(O)(CCCCOC)c3cccc(Cl)c3Cc3cccc(C)c3)C2)cc1. The molecule has 2 N–H and O–H groups in total. The highest BCUT2D eigenvalue weighted by Crippen LogP contribution is 2.43. The van der Waals surface area contributed by atoms with Crippen molar-refractivity contribution in [3.8, 4) is 0 Å². The molecule has 0 saturated carbocycles. The molecule has 6 heteroatoms. The summed E-state index contributed by atoms with van der Waals surface area (Å²) in [5.41, 5.74) is 4.92. The average Bonchev–Trinajstić information content (AvgIpc) is 2.96. The number of carbonyl (C=O) groups is 1. The molecule has 1 unspecified atom stereocenters. The van der Waals surface area contributed by atoms with E-state index >= 15 is 0 Å². The lowest BCUT2D eigenvalue weighted by Crippen LogP contribution is -2.48. The summed E-state index contributed by atoms with van der Waals surface area (Å²) < 4.78 is 5.30. The van der Waals surface area contributed by atoms with E-state index in [4.69, 9.17) is 16.3 Å². The van der Waals surface area contributed by atoms with E-state index in [0.29, 0.717) is 43.1 Å². The molecule has 0 spiro atoms. The van der Waals surface area contributed by atoms with Gasteiger partial charge >= 0.3 is 0 Å². The summed E-state index contributed by atoms with van der Waals surface area (Å²) >= 11 is 6.84. The van der Waals surface area contributed by atoms with E-state index in [2.05, 4.69) is 36.5 Å². The largest absolute Gasteiger partial charge is 0.385 e. The number of likely N-dealkylation sites (tertiary alicyclic amines) is 1. The van der Waals surface area contributed by atoms with Crippen LogP contribution < -0.4 is 5.32 Å². The van der Waals surface area contributed by atoms with Gasteiger partial charge in [-0.15, -0.1) is 0 Å². The topological polar surface area (TPSA) is 61.8 Å². The van der Waals surface area contributed by atoms with E-state index in [1.165, 1.54) is 11.1 Å². The van der Waals surface area contributed by atoms with Crippen LogP contribution >= 0.6 is 11.6 Å². The highest BCUT2D eigenvalue weighted by Gasteiger charge is 2.42. The average molecular weight is 563 g/mol. The van der Waals surface area contributed by atoms with Gasteiger partial charge in [0.25, 0.3) is 5.91 Å². The number of ether oxygens (including phenoxy) is 1. The zero-order chi connectivity index (χ0) is 28.5. The van der Waals surface area contributed by atoms with Crippen LogP contribution in [0.1, 0.15) is 70.3 Å². The number of hydrogen-bond donors (Lipinski definition) is 2. The van der Waals surface area contributed by atoms with Crippen LogP contribution in [0, 0.1) is 12.8 Å². The maximum atomic E-state index is 13.6. The monoisotopic (exact) mass is 562 g/mol. The minimum atomic E-state index is -1.12. The van der Waals surface area contributed by atoms with Gasteiger partial charge in [0.05, 0.1) is 5.60 Å². The number of hydrogen-bond acceptors (Lipinski definition) is 4. The lowest BCUT2D eigenvalue weighted by molar-refractivity contribution is -0.0583. The minimum Gasteiger partial charge on any atom is -0.385 e. The number of aliphatic hydroxyl groups is 1. The van der Waals surface area contributed by atoms with E-state index in [1.807, 2.05) is 54.4 Å². The van der Waals surface area contributed by atoms with Crippen LogP contribution in [0.4, 0.5) is 0 Å². The molecule has 4 rings (SSSR count). The Morgan fingerprint density at radius 2 is 1.88 bits per heavy atom. The van der Waals surface area contributed by atoms with E-state index in [0.717, 1.165) is 48.9 Å². The molecular formula is C34H43ClN2O3. The number of nitrogens with one attached hydrogen (secondary N) is 1. The number of benzene rings is 3. The van der Waals surface area contributed by atoms with Gasteiger partial charge in [-0.25, -0.2) is 0 Å². The molecule has 2 atom stereocenters. The smallest absolute Gasteiger partial charge is 0.253 e. The van der Waals surface area contributed by atoms with Crippen molar-refractivity contribution in [3.05, 3.63) is 105 Å². The molecule has 40 heavy (non-hydrogen) atoms. The number of nitrogens with zero attached hydrogens (tertiary/aromatic N) is 1. The quantitative estimate of drug-likeness (QED) is 0.247. The lowest BCUT2D eigenvalue weighted by Gasteiger charge is -2.44. The molecule has 0 radical (unpaired) electrons. The van der Waals surface area contributed by atoms with Gasteiger partial charge in [0.2, 0.25) is 0 Å². The predicted octanol–water partition coefficient (Wildman–Crippen LogP) is 6.52. The molecule has 0 aliphatic carbocycles. The number of halogens is 1. The van der Waals surface area contributed by atoms with Gasteiger partial charge in [0.15, 0.2) is 0 Å². The normalized spacial score (nSPS) is 17.0. The van der Waals surface area contributed by atoms with Gasteiger partial charge < -0.3 is 20.1 Å². The summed E-state index contributed by atoms with van der Waals surface area (Å²) in [4.78, 5) is 15.5. The molecule has 5 nitrogen and oxygen atoms in total. The molecule has 0 aromatic heterocycles. The summed E-state index contributed by atoms with van der Waals surface area (Å²) in [7, 11) is 3.62. The number of unbranched alkanes of at least 4 members (excludes halogenated alkanes) is 1. The first-order valence-corrected chi connectivity index (χ1v) is 14.8. The molecule has 1 aliphatic rings.